The van der Waals surface area contributed by atoms with E-state index >= 15 is 0 Å². The van der Waals surface area contributed by atoms with Gasteiger partial charge in [-0.2, -0.15) is 5.26 Å². The number of aromatic amines is 1. The van der Waals surface area contributed by atoms with Crippen molar-refractivity contribution in [2.24, 2.45) is 5.92 Å². The molecule has 0 saturated carbocycles. The Hall–Kier alpha value is -3.61. The highest BCUT2D eigenvalue weighted by atomic mass is 79.9. The number of aryl methyl sites for hydroxylation is 2. The number of fused-ring (bicyclic) bond motifs is 1. The molecular formula is C27H23BrN4O3S. The lowest BCUT2D eigenvalue weighted by atomic mass is 9.78. The van der Waals surface area contributed by atoms with Crippen LogP contribution < -0.4 is 14.2 Å². The number of hydrogen-bond acceptors (Lipinski definition) is 7. The van der Waals surface area contributed by atoms with Gasteiger partial charge in [0.05, 0.1) is 28.9 Å². The zero-order valence-corrected chi connectivity index (χ0v) is 22.3. The van der Waals surface area contributed by atoms with Crippen molar-refractivity contribution in [3.63, 3.8) is 0 Å². The number of hydrogen-bond donors (Lipinski definition) is 2. The van der Waals surface area contributed by atoms with Gasteiger partial charge in [-0.25, -0.2) is 0 Å². The zero-order valence-electron chi connectivity index (χ0n) is 19.9. The Labute approximate surface area is 221 Å². The van der Waals surface area contributed by atoms with Gasteiger partial charge in [0.15, 0.2) is 11.5 Å². The number of nitriles is 1. The summed E-state index contributed by atoms with van der Waals surface area (Å²) in [5.41, 5.74) is 4.39. The average molecular weight is 563 g/mol. The largest absolute Gasteiger partial charge is 0.493 e. The van der Waals surface area contributed by atoms with Gasteiger partial charge in [-0.05, 0) is 59.1 Å². The number of nitrogens with zero attached hydrogens (tertiary/aromatic N) is 2. The van der Waals surface area contributed by atoms with E-state index in [4.69, 9.17) is 19.6 Å². The van der Waals surface area contributed by atoms with E-state index in [-0.39, 0.29) is 5.90 Å². The van der Waals surface area contributed by atoms with Gasteiger partial charge in [-0.3, -0.25) is 10.5 Å². The van der Waals surface area contributed by atoms with Gasteiger partial charge in [0.1, 0.15) is 12.5 Å². The predicted molar refractivity (Wildman–Crippen MR) is 142 cm³/mol. The van der Waals surface area contributed by atoms with Crippen molar-refractivity contribution in [3.05, 3.63) is 79.4 Å². The van der Waals surface area contributed by atoms with E-state index in [0.29, 0.717) is 28.5 Å². The van der Waals surface area contributed by atoms with Crippen LogP contribution in [0.4, 0.5) is 0 Å². The van der Waals surface area contributed by atoms with E-state index in [2.05, 4.69) is 52.1 Å². The first-order chi connectivity index (χ1) is 17.4. The summed E-state index contributed by atoms with van der Waals surface area (Å²) >= 11 is 5.35. The molecular weight excluding hydrogens is 540 g/mol. The van der Waals surface area contributed by atoms with E-state index in [1.165, 1.54) is 4.88 Å². The molecule has 1 aliphatic rings. The fourth-order valence-corrected chi connectivity index (χ4v) is 6.06. The van der Waals surface area contributed by atoms with Crippen LogP contribution in [0.15, 0.2) is 53.0 Å². The van der Waals surface area contributed by atoms with Crippen molar-refractivity contribution >= 4 is 33.2 Å². The number of benzene rings is 2. The van der Waals surface area contributed by atoms with E-state index in [9.17, 15) is 5.26 Å². The Morgan fingerprint density at radius 2 is 2.00 bits per heavy atom. The molecule has 7 nitrogen and oxygen atoms in total. The van der Waals surface area contributed by atoms with Crippen LogP contribution >= 0.6 is 27.3 Å². The van der Waals surface area contributed by atoms with Crippen LogP contribution in [0.2, 0.25) is 0 Å². The molecule has 3 heterocycles. The summed E-state index contributed by atoms with van der Waals surface area (Å²) in [6, 6.07) is 18.0. The Kier molecular flexibility index (Phi) is 6.56. The van der Waals surface area contributed by atoms with Crippen molar-refractivity contribution in [2.45, 2.75) is 26.4 Å². The molecule has 4 aromatic rings. The van der Waals surface area contributed by atoms with Gasteiger partial charge in [0.25, 0.3) is 0 Å². The van der Waals surface area contributed by atoms with E-state index in [0.717, 1.165) is 32.8 Å². The third-order valence-electron chi connectivity index (χ3n) is 6.19. The van der Waals surface area contributed by atoms with Crippen LogP contribution in [0, 0.1) is 36.5 Å². The molecule has 2 aromatic heterocycles. The molecule has 0 fully saturated rings. The maximum Gasteiger partial charge on any atom is 0.244 e. The Balaban J connectivity index is 1.61. The average Bonchev–Trinajstić information content (AvgIpc) is 3.43. The van der Waals surface area contributed by atoms with E-state index < -0.39 is 11.8 Å². The molecule has 0 radical (unpaired) electrons. The molecule has 0 saturated heterocycles. The van der Waals surface area contributed by atoms with Gasteiger partial charge < -0.3 is 14.2 Å². The summed E-state index contributed by atoms with van der Waals surface area (Å²) < 4.78 is 18.2. The van der Waals surface area contributed by atoms with Crippen molar-refractivity contribution in [1.82, 2.24) is 10.2 Å². The second kappa shape index (κ2) is 9.80. The first-order valence-electron chi connectivity index (χ1n) is 11.3. The fourth-order valence-electron chi connectivity index (χ4n) is 4.55. The van der Waals surface area contributed by atoms with E-state index in [1.54, 1.807) is 18.4 Å². The highest BCUT2D eigenvalue weighted by Gasteiger charge is 2.41. The Morgan fingerprint density at radius 3 is 2.67 bits per heavy atom. The number of nitrogens with one attached hydrogen (secondary N) is 2. The zero-order chi connectivity index (χ0) is 25.4. The lowest BCUT2D eigenvalue weighted by Gasteiger charge is -2.29. The second-order valence-corrected chi connectivity index (χ2v) is 10.8. The number of ether oxygens (including phenoxy) is 3. The minimum atomic E-state index is -0.832. The molecule has 36 heavy (non-hydrogen) atoms. The Morgan fingerprint density at radius 1 is 1.22 bits per heavy atom. The van der Waals surface area contributed by atoms with Gasteiger partial charge in [0, 0.05) is 21.2 Å². The summed E-state index contributed by atoms with van der Waals surface area (Å²) in [4.78, 5) is 2.31. The fraction of sp³-hybridized carbons (Fsp3) is 0.222. The number of halogens is 1. The maximum atomic E-state index is 10.1. The maximum absolute atomic E-state index is 10.1. The van der Waals surface area contributed by atoms with E-state index in [1.807, 2.05) is 42.5 Å². The molecule has 0 bridgehead atoms. The molecule has 182 valence electrons. The summed E-state index contributed by atoms with van der Waals surface area (Å²) in [6.45, 7) is 4.49. The van der Waals surface area contributed by atoms with Crippen molar-refractivity contribution in [2.75, 3.05) is 7.11 Å². The second-order valence-electron chi connectivity index (χ2n) is 8.50. The number of H-pyrrole nitrogens is 1. The van der Waals surface area contributed by atoms with Crippen molar-refractivity contribution < 1.29 is 14.2 Å². The summed E-state index contributed by atoms with van der Waals surface area (Å²) in [5, 5.41) is 25.9. The molecule has 2 N–H and O–H groups in total. The molecule has 5 rings (SSSR count). The molecule has 1 aliphatic heterocycles. The smallest absolute Gasteiger partial charge is 0.244 e. The van der Waals surface area contributed by atoms with Gasteiger partial charge in [-0.15, -0.1) is 16.4 Å². The number of methoxy groups -OCH3 is 1. The molecule has 2 unspecified atom stereocenters. The summed E-state index contributed by atoms with van der Waals surface area (Å²) in [5.74, 6) is -0.0496. The minimum absolute atomic E-state index is 0.134. The topological polar surface area (TPSA) is 104 Å². The van der Waals surface area contributed by atoms with Gasteiger partial charge in [0.2, 0.25) is 11.8 Å². The van der Waals surface area contributed by atoms with Crippen molar-refractivity contribution in [3.8, 4) is 34.7 Å². The van der Waals surface area contributed by atoms with Gasteiger partial charge in [-0.1, -0.05) is 30.3 Å². The molecule has 2 atom stereocenters. The van der Waals surface area contributed by atoms with Crippen molar-refractivity contribution in [1.29, 1.82) is 10.7 Å². The van der Waals surface area contributed by atoms with Crippen LogP contribution in [0.3, 0.4) is 0 Å². The first-order valence-corrected chi connectivity index (χ1v) is 12.9. The highest BCUT2D eigenvalue weighted by molar-refractivity contribution is 9.10. The molecule has 9 heteroatoms. The van der Waals surface area contributed by atoms with Gasteiger partial charge >= 0.3 is 0 Å². The Bertz CT molecular complexity index is 1490. The SMILES string of the molecule is COc1cc(C2c3c(n[nH]c3-c3cc(C)sc3C)OC(=N)C2C#N)cc(Br)c1OCc1ccccc1. The summed E-state index contributed by atoms with van der Waals surface area (Å²) in [6.07, 6.45) is 0. The number of thiophene rings is 1. The summed E-state index contributed by atoms with van der Waals surface area (Å²) in [7, 11) is 1.58. The van der Waals surface area contributed by atoms with Crippen LogP contribution in [0.5, 0.6) is 17.4 Å². The minimum Gasteiger partial charge on any atom is -0.493 e. The number of aromatic nitrogens is 2. The highest BCUT2D eigenvalue weighted by Crippen LogP contribution is 2.49. The predicted octanol–water partition coefficient (Wildman–Crippen LogP) is 6.75. The van der Waals surface area contributed by atoms with Crippen LogP contribution in [0.25, 0.3) is 11.3 Å². The molecule has 0 amide bonds. The monoisotopic (exact) mass is 562 g/mol. The van der Waals surface area contributed by atoms with Crippen LogP contribution in [-0.2, 0) is 6.61 Å². The van der Waals surface area contributed by atoms with Crippen LogP contribution in [0.1, 0.15) is 32.4 Å². The molecule has 0 spiro atoms. The normalized spacial score (nSPS) is 16.7. The molecule has 0 aliphatic carbocycles. The number of rotatable bonds is 6. The lowest BCUT2D eigenvalue weighted by molar-refractivity contribution is 0.282. The third kappa shape index (κ3) is 4.27. The standard InChI is InChI=1S/C27H23BrN4O3S/c1-14-9-18(15(2)36-14)24-23-22(19(12-29)26(30)35-27(23)32-31-24)17-10-20(28)25(21(11-17)33-3)34-13-16-7-5-4-6-8-16/h4-11,19,22,30H,13H2,1-3H3,(H,31,32). The third-order valence-corrected chi connectivity index (χ3v) is 7.74. The first kappa shape index (κ1) is 24.1. The molecule has 2 aromatic carbocycles. The van der Waals surface area contributed by atoms with Crippen LogP contribution in [-0.4, -0.2) is 23.2 Å². The lowest BCUT2D eigenvalue weighted by Crippen LogP contribution is -2.31. The quantitative estimate of drug-likeness (QED) is 0.270.